The fraction of sp³-hybridized carbons (Fsp3) is 0.333. The van der Waals surface area contributed by atoms with Crippen LogP contribution < -0.4 is 0 Å². The summed E-state index contributed by atoms with van der Waals surface area (Å²) in [6.45, 7) is 5.84. The maximum absolute atomic E-state index is 13.4. The second-order valence-corrected chi connectivity index (χ2v) is 6.66. The van der Waals surface area contributed by atoms with E-state index in [1.807, 2.05) is 0 Å². The van der Waals surface area contributed by atoms with Crippen LogP contribution in [0.4, 0.5) is 13.2 Å². The Hall–Kier alpha value is -2.83. The molecule has 0 aliphatic carbocycles. The summed E-state index contributed by atoms with van der Waals surface area (Å²) in [5.74, 6) is -0.569. The molecule has 1 aromatic carbocycles. The zero-order valence-electron chi connectivity index (χ0n) is 15.5. The first-order valence-electron chi connectivity index (χ1n) is 9.07. The molecular formula is C21H21F3N2O2. The molecule has 1 fully saturated rings. The number of carbonyl (C=O) groups excluding carboxylic acids is 1. The maximum atomic E-state index is 13.4. The summed E-state index contributed by atoms with van der Waals surface area (Å²) in [6, 6.07) is 7.08. The van der Waals surface area contributed by atoms with Crippen molar-refractivity contribution in [1.82, 2.24) is 10.1 Å². The van der Waals surface area contributed by atoms with Gasteiger partial charge in [0.1, 0.15) is 0 Å². The zero-order valence-corrected chi connectivity index (χ0v) is 15.5. The van der Waals surface area contributed by atoms with Crippen molar-refractivity contribution < 1.29 is 22.5 Å². The average Bonchev–Trinajstić information content (AvgIpc) is 3.11. The third-order valence-electron chi connectivity index (χ3n) is 4.97. The Morgan fingerprint density at radius 2 is 1.96 bits per heavy atom. The number of carbonyl (C=O) groups is 1. The Balaban J connectivity index is 1.78. The van der Waals surface area contributed by atoms with Gasteiger partial charge in [-0.2, -0.15) is 13.2 Å². The molecule has 0 unspecified atom stereocenters. The number of likely N-dealkylation sites (tertiary alicyclic amines) is 1. The van der Waals surface area contributed by atoms with Crippen molar-refractivity contribution in [3.8, 4) is 0 Å². The van der Waals surface area contributed by atoms with Gasteiger partial charge >= 0.3 is 6.18 Å². The van der Waals surface area contributed by atoms with Gasteiger partial charge in [-0.25, -0.2) is 0 Å². The highest BCUT2D eigenvalue weighted by molar-refractivity contribution is 6.04. The Morgan fingerprint density at radius 1 is 1.29 bits per heavy atom. The van der Waals surface area contributed by atoms with Crippen LogP contribution in [-0.4, -0.2) is 35.2 Å². The Kier molecular flexibility index (Phi) is 5.72. The van der Waals surface area contributed by atoms with Gasteiger partial charge in [-0.3, -0.25) is 4.79 Å². The number of benzene rings is 1. The quantitative estimate of drug-likeness (QED) is 0.666. The van der Waals surface area contributed by atoms with E-state index in [1.165, 1.54) is 12.2 Å². The molecule has 28 heavy (non-hydrogen) atoms. The van der Waals surface area contributed by atoms with Crippen molar-refractivity contribution in [2.45, 2.75) is 25.9 Å². The lowest BCUT2D eigenvalue weighted by atomic mass is 9.85. The normalized spacial score (nSPS) is 17.2. The number of allylic oxidation sites excluding steroid dienone is 5. The van der Waals surface area contributed by atoms with Crippen LogP contribution in [0.15, 0.2) is 64.7 Å². The number of aromatic nitrogens is 1. The second kappa shape index (κ2) is 8.04. The SMILES string of the molecule is C=C/C(=C(\C=C/C)C(F)(F)F)C1CCN(C(=O)c2noc3ccccc23)CC1. The molecule has 0 atom stereocenters. The molecular weight excluding hydrogens is 369 g/mol. The van der Waals surface area contributed by atoms with Crippen LogP contribution in [0.3, 0.4) is 0 Å². The van der Waals surface area contributed by atoms with Gasteiger partial charge in [0.05, 0.1) is 11.0 Å². The molecule has 4 nitrogen and oxygen atoms in total. The van der Waals surface area contributed by atoms with Crippen molar-refractivity contribution in [2.75, 3.05) is 13.1 Å². The van der Waals surface area contributed by atoms with Crippen molar-refractivity contribution in [1.29, 1.82) is 0 Å². The standard InChI is InChI=1S/C21H21F3N2O2/c1-3-7-17(21(22,23)24)15(4-2)14-10-12-26(13-11-14)20(27)19-16-8-5-6-9-18(16)28-25-19/h3-9,14H,2,10-13H2,1H3/b7-3-,17-15-. The molecule has 1 aliphatic rings. The number of fused-ring (bicyclic) bond motifs is 1. The molecule has 7 heteroatoms. The number of para-hydroxylation sites is 1. The monoisotopic (exact) mass is 390 g/mol. The molecule has 148 valence electrons. The van der Waals surface area contributed by atoms with Gasteiger partial charge in [0, 0.05) is 13.1 Å². The Bertz CT molecular complexity index is 933. The van der Waals surface area contributed by atoms with E-state index in [-0.39, 0.29) is 23.1 Å². The predicted octanol–water partition coefficient (Wildman–Crippen LogP) is 5.30. The highest BCUT2D eigenvalue weighted by Gasteiger charge is 2.37. The minimum atomic E-state index is -4.44. The van der Waals surface area contributed by atoms with E-state index in [1.54, 1.807) is 36.1 Å². The summed E-state index contributed by atoms with van der Waals surface area (Å²) in [6.07, 6.45) is 0.162. The molecule has 0 radical (unpaired) electrons. The fourth-order valence-corrected chi connectivity index (χ4v) is 3.60. The van der Waals surface area contributed by atoms with Crippen LogP contribution in [0.1, 0.15) is 30.3 Å². The molecule has 1 aliphatic heterocycles. The highest BCUT2D eigenvalue weighted by atomic mass is 19.4. The molecule has 3 rings (SSSR count). The van der Waals surface area contributed by atoms with Crippen LogP contribution in [0.2, 0.25) is 0 Å². The van der Waals surface area contributed by atoms with Gasteiger partial charge in [0.25, 0.3) is 5.91 Å². The number of piperidine rings is 1. The van der Waals surface area contributed by atoms with Crippen LogP contribution in [0.25, 0.3) is 11.0 Å². The van der Waals surface area contributed by atoms with Gasteiger partial charge in [-0.15, -0.1) is 0 Å². The van der Waals surface area contributed by atoms with E-state index >= 15 is 0 Å². The number of hydrogen-bond acceptors (Lipinski definition) is 3. The third kappa shape index (κ3) is 3.88. The molecule has 2 aromatic rings. The first kappa shape index (κ1) is 19.9. The first-order valence-corrected chi connectivity index (χ1v) is 9.07. The summed E-state index contributed by atoms with van der Waals surface area (Å²) in [7, 11) is 0. The lowest BCUT2D eigenvalue weighted by Crippen LogP contribution is -2.39. The van der Waals surface area contributed by atoms with Gasteiger partial charge in [0.2, 0.25) is 0 Å². The van der Waals surface area contributed by atoms with E-state index in [0.29, 0.717) is 36.9 Å². The molecule has 0 N–H and O–H groups in total. The molecule has 2 heterocycles. The van der Waals surface area contributed by atoms with Crippen molar-refractivity contribution in [3.63, 3.8) is 0 Å². The Morgan fingerprint density at radius 3 is 2.57 bits per heavy atom. The van der Waals surface area contributed by atoms with E-state index < -0.39 is 11.7 Å². The van der Waals surface area contributed by atoms with Crippen molar-refractivity contribution >= 4 is 16.9 Å². The van der Waals surface area contributed by atoms with Crippen molar-refractivity contribution in [3.05, 3.63) is 65.9 Å². The Labute approximate surface area is 161 Å². The molecule has 1 amide bonds. The van der Waals surface area contributed by atoms with Gasteiger partial charge in [-0.1, -0.05) is 42.1 Å². The fourth-order valence-electron chi connectivity index (χ4n) is 3.60. The van der Waals surface area contributed by atoms with E-state index in [9.17, 15) is 18.0 Å². The van der Waals surface area contributed by atoms with Crippen molar-refractivity contribution in [2.24, 2.45) is 5.92 Å². The molecule has 1 aromatic heterocycles. The summed E-state index contributed by atoms with van der Waals surface area (Å²) in [5, 5.41) is 4.51. The number of amides is 1. The first-order chi connectivity index (χ1) is 13.4. The highest BCUT2D eigenvalue weighted by Crippen LogP contribution is 2.36. The summed E-state index contributed by atoms with van der Waals surface area (Å²) in [5.41, 5.74) is 0.277. The lowest BCUT2D eigenvalue weighted by Gasteiger charge is -2.33. The average molecular weight is 390 g/mol. The zero-order chi connectivity index (χ0) is 20.3. The minimum Gasteiger partial charge on any atom is -0.355 e. The largest absolute Gasteiger partial charge is 0.416 e. The third-order valence-corrected chi connectivity index (χ3v) is 4.97. The number of alkyl halides is 3. The number of nitrogens with zero attached hydrogens (tertiary/aromatic N) is 2. The molecule has 1 saturated heterocycles. The van der Waals surface area contributed by atoms with Gasteiger partial charge in [-0.05, 0) is 43.4 Å². The lowest BCUT2D eigenvalue weighted by molar-refractivity contribution is -0.0893. The smallest absolute Gasteiger partial charge is 0.355 e. The molecule has 0 saturated carbocycles. The van der Waals surface area contributed by atoms with E-state index in [2.05, 4.69) is 11.7 Å². The van der Waals surface area contributed by atoms with Crippen LogP contribution in [-0.2, 0) is 0 Å². The maximum Gasteiger partial charge on any atom is 0.416 e. The molecule has 0 bridgehead atoms. The van der Waals surface area contributed by atoms with Gasteiger partial charge in [0.15, 0.2) is 11.3 Å². The number of rotatable bonds is 4. The molecule has 0 spiro atoms. The summed E-state index contributed by atoms with van der Waals surface area (Å²) < 4.78 is 45.4. The van der Waals surface area contributed by atoms with E-state index in [0.717, 1.165) is 6.08 Å². The van der Waals surface area contributed by atoms with Crippen LogP contribution in [0, 0.1) is 5.92 Å². The van der Waals surface area contributed by atoms with Crippen LogP contribution >= 0.6 is 0 Å². The van der Waals surface area contributed by atoms with E-state index in [4.69, 9.17) is 4.52 Å². The van der Waals surface area contributed by atoms with Gasteiger partial charge < -0.3 is 9.42 Å². The second-order valence-electron chi connectivity index (χ2n) is 6.66. The minimum absolute atomic E-state index is 0.185. The summed E-state index contributed by atoms with van der Waals surface area (Å²) in [4.78, 5) is 14.4. The summed E-state index contributed by atoms with van der Waals surface area (Å²) >= 11 is 0. The number of halogens is 3. The topological polar surface area (TPSA) is 46.3 Å². The number of hydrogen-bond donors (Lipinski definition) is 0. The van der Waals surface area contributed by atoms with Crippen LogP contribution in [0.5, 0.6) is 0 Å². The predicted molar refractivity (Wildman–Crippen MR) is 101 cm³/mol.